The van der Waals surface area contributed by atoms with Gasteiger partial charge in [-0.1, -0.05) is 11.8 Å². The van der Waals surface area contributed by atoms with Crippen LogP contribution in [0.4, 0.5) is 0 Å². The molecule has 4 nitrogen and oxygen atoms in total. The topological polar surface area (TPSA) is 55.7 Å². The molecule has 3 rings (SSSR count). The van der Waals surface area contributed by atoms with E-state index in [4.69, 9.17) is 13.6 Å². The standard InChI is InChI=1S/C16H14O4/c17-13(14-6-2-9-18-14)5-1-4-12-8-11-20-16(12)15-7-3-10-19-15/h2-3,6-10,13,16-17H,5,11H2. The van der Waals surface area contributed by atoms with Crippen LogP contribution in [0.2, 0.25) is 0 Å². The summed E-state index contributed by atoms with van der Waals surface area (Å²) in [5.74, 6) is 7.27. The van der Waals surface area contributed by atoms with Crippen LogP contribution < -0.4 is 0 Å². The van der Waals surface area contributed by atoms with Gasteiger partial charge in [0.25, 0.3) is 0 Å². The number of hydrogen-bond acceptors (Lipinski definition) is 4. The zero-order valence-corrected chi connectivity index (χ0v) is 10.8. The van der Waals surface area contributed by atoms with Gasteiger partial charge in [0.1, 0.15) is 23.7 Å². The van der Waals surface area contributed by atoms with Crippen molar-refractivity contribution in [3.8, 4) is 11.8 Å². The van der Waals surface area contributed by atoms with E-state index in [2.05, 4.69) is 11.8 Å². The lowest BCUT2D eigenvalue weighted by Gasteiger charge is -2.07. The first-order valence-corrected chi connectivity index (χ1v) is 6.40. The molecule has 2 atom stereocenters. The number of ether oxygens (including phenoxy) is 1. The van der Waals surface area contributed by atoms with Crippen LogP contribution in [0.15, 0.2) is 57.3 Å². The maximum atomic E-state index is 9.87. The predicted octanol–water partition coefficient (Wildman–Crippen LogP) is 3.00. The molecule has 20 heavy (non-hydrogen) atoms. The Labute approximate surface area is 116 Å². The molecule has 1 aliphatic heterocycles. The highest BCUT2D eigenvalue weighted by molar-refractivity contribution is 5.37. The Balaban J connectivity index is 1.65. The van der Waals surface area contributed by atoms with Crippen LogP contribution in [-0.4, -0.2) is 11.7 Å². The maximum absolute atomic E-state index is 9.87. The summed E-state index contributed by atoms with van der Waals surface area (Å²) < 4.78 is 16.0. The lowest BCUT2D eigenvalue weighted by atomic mass is 10.1. The molecule has 0 spiro atoms. The molecule has 2 aromatic rings. The van der Waals surface area contributed by atoms with E-state index in [-0.39, 0.29) is 6.10 Å². The highest BCUT2D eigenvalue weighted by atomic mass is 16.5. The SMILES string of the molecule is OC(CC#CC1=CCOC1c1ccco1)c1ccco1. The van der Waals surface area contributed by atoms with E-state index in [1.165, 1.54) is 6.26 Å². The van der Waals surface area contributed by atoms with Gasteiger partial charge in [-0.2, -0.15) is 0 Å². The zero-order valence-electron chi connectivity index (χ0n) is 10.8. The first-order valence-electron chi connectivity index (χ1n) is 6.40. The second kappa shape index (κ2) is 5.83. The summed E-state index contributed by atoms with van der Waals surface area (Å²) in [6.07, 6.45) is 4.45. The summed E-state index contributed by atoms with van der Waals surface area (Å²) in [7, 11) is 0. The quantitative estimate of drug-likeness (QED) is 0.871. The number of aliphatic hydroxyl groups is 1. The summed E-state index contributed by atoms with van der Waals surface area (Å²) in [5.41, 5.74) is 0.867. The van der Waals surface area contributed by atoms with Crippen LogP contribution in [0.5, 0.6) is 0 Å². The Morgan fingerprint density at radius 3 is 2.85 bits per heavy atom. The Morgan fingerprint density at radius 2 is 2.10 bits per heavy atom. The van der Waals surface area contributed by atoms with Gasteiger partial charge < -0.3 is 18.7 Å². The molecule has 4 heteroatoms. The van der Waals surface area contributed by atoms with E-state index in [0.29, 0.717) is 18.8 Å². The molecule has 0 fully saturated rings. The minimum Gasteiger partial charge on any atom is -0.467 e. The van der Waals surface area contributed by atoms with Crippen LogP contribution in [0.1, 0.15) is 30.1 Å². The third-order valence-electron chi connectivity index (χ3n) is 3.05. The Kier molecular flexibility index (Phi) is 3.73. The van der Waals surface area contributed by atoms with E-state index in [9.17, 15) is 5.11 Å². The molecule has 2 aromatic heterocycles. The monoisotopic (exact) mass is 270 g/mol. The third-order valence-corrected chi connectivity index (χ3v) is 3.05. The summed E-state index contributed by atoms with van der Waals surface area (Å²) in [6.45, 7) is 0.524. The molecule has 0 radical (unpaired) electrons. The van der Waals surface area contributed by atoms with Crippen molar-refractivity contribution in [1.29, 1.82) is 0 Å². The largest absolute Gasteiger partial charge is 0.467 e. The van der Waals surface area contributed by atoms with E-state index >= 15 is 0 Å². The minimum absolute atomic E-state index is 0.238. The number of furan rings is 2. The van der Waals surface area contributed by atoms with Gasteiger partial charge in [0.15, 0.2) is 0 Å². The molecule has 0 saturated carbocycles. The van der Waals surface area contributed by atoms with E-state index in [1.54, 1.807) is 18.4 Å². The van der Waals surface area contributed by atoms with Crippen LogP contribution in [0, 0.1) is 11.8 Å². The fourth-order valence-electron chi connectivity index (χ4n) is 2.05. The molecule has 0 bridgehead atoms. The van der Waals surface area contributed by atoms with Crippen molar-refractivity contribution >= 4 is 0 Å². The number of rotatable bonds is 3. The second-order valence-electron chi connectivity index (χ2n) is 4.43. The van der Waals surface area contributed by atoms with Crippen LogP contribution in [-0.2, 0) is 4.74 Å². The van der Waals surface area contributed by atoms with Gasteiger partial charge in [0, 0.05) is 12.0 Å². The predicted molar refractivity (Wildman–Crippen MR) is 71.5 cm³/mol. The molecule has 3 heterocycles. The average Bonchev–Trinajstić information content (AvgIpc) is 3.20. The molecule has 1 N–H and O–H groups in total. The molecule has 0 aliphatic carbocycles. The average molecular weight is 270 g/mol. The van der Waals surface area contributed by atoms with Crippen LogP contribution in [0.3, 0.4) is 0 Å². The molecular formula is C16H14O4. The van der Waals surface area contributed by atoms with Crippen molar-refractivity contribution in [1.82, 2.24) is 0 Å². The first-order chi connectivity index (χ1) is 9.84. The molecule has 0 amide bonds. The normalized spacial score (nSPS) is 19.2. The Bertz CT molecular complexity index is 626. The molecular weight excluding hydrogens is 256 g/mol. The van der Waals surface area contributed by atoms with Crippen molar-refractivity contribution < 1.29 is 18.7 Å². The second-order valence-corrected chi connectivity index (χ2v) is 4.43. The van der Waals surface area contributed by atoms with Crippen molar-refractivity contribution in [2.45, 2.75) is 18.6 Å². The van der Waals surface area contributed by atoms with Gasteiger partial charge in [-0.05, 0) is 30.3 Å². The van der Waals surface area contributed by atoms with Crippen molar-refractivity contribution in [3.63, 3.8) is 0 Å². The smallest absolute Gasteiger partial charge is 0.148 e. The van der Waals surface area contributed by atoms with Crippen LogP contribution >= 0.6 is 0 Å². The minimum atomic E-state index is -0.706. The van der Waals surface area contributed by atoms with Crippen molar-refractivity contribution in [2.24, 2.45) is 0 Å². The van der Waals surface area contributed by atoms with Gasteiger partial charge in [-0.15, -0.1) is 0 Å². The van der Waals surface area contributed by atoms with E-state index < -0.39 is 6.10 Å². The Hall–Kier alpha value is -2.22. The van der Waals surface area contributed by atoms with E-state index in [0.717, 1.165) is 11.3 Å². The van der Waals surface area contributed by atoms with Gasteiger partial charge in [0.2, 0.25) is 0 Å². The van der Waals surface area contributed by atoms with E-state index in [1.807, 2.05) is 18.2 Å². The van der Waals surface area contributed by atoms with Gasteiger partial charge in [-0.25, -0.2) is 0 Å². The number of hydrogen-bond donors (Lipinski definition) is 1. The van der Waals surface area contributed by atoms with Gasteiger partial charge in [0.05, 0.1) is 19.1 Å². The number of aliphatic hydroxyl groups excluding tert-OH is 1. The van der Waals surface area contributed by atoms with Gasteiger partial charge >= 0.3 is 0 Å². The van der Waals surface area contributed by atoms with Crippen molar-refractivity contribution in [2.75, 3.05) is 6.61 Å². The molecule has 102 valence electrons. The summed E-state index contributed by atoms with van der Waals surface area (Å²) in [5, 5.41) is 9.87. The fraction of sp³-hybridized carbons (Fsp3) is 0.250. The molecule has 2 unspecified atom stereocenters. The molecule has 1 aliphatic rings. The summed E-state index contributed by atoms with van der Waals surface area (Å²) >= 11 is 0. The fourth-order valence-corrected chi connectivity index (χ4v) is 2.05. The summed E-state index contributed by atoms with van der Waals surface area (Å²) in [6, 6.07) is 7.16. The van der Waals surface area contributed by atoms with Gasteiger partial charge in [-0.3, -0.25) is 0 Å². The highest BCUT2D eigenvalue weighted by Gasteiger charge is 2.23. The van der Waals surface area contributed by atoms with Crippen LogP contribution in [0.25, 0.3) is 0 Å². The zero-order chi connectivity index (χ0) is 13.8. The lowest BCUT2D eigenvalue weighted by molar-refractivity contribution is 0.107. The molecule has 0 aromatic carbocycles. The summed E-state index contributed by atoms with van der Waals surface area (Å²) in [4.78, 5) is 0. The lowest BCUT2D eigenvalue weighted by Crippen LogP contribution is -1.98. The van der Waals surface area contributed by atoms with Crippen molar-refractivity contribution in [3.05, 3.63) is 60.0 Å². The molecule has 0 saturated heterocycles. The first kappa shape index (κ1) is 12.8. The maximum Gasteiger partial charge on any atom is 0.148 e. The highest BCUT2D eigenvalue weighted by Crippen LogP contribution is 2.30. The third kappa shape index (κ3) is 2.69. The Morgan fingerprint density at radius 1 is 1.25 bits per heavy atom.